The quantitative estimate of drug-likeness (QED) is 0.861. The van der Waals surface area contributed by atoms with Gasteiger partial charge in [-0.3, -0.25) is 0 Å². The maximum Gasteiger partial charge on any atom is 0.122 e. The van der Waals surface area contributed by atoms with Crippen molar-refractivity contribution in [3.05, 3.63) is 65.2 Å². The smallest absolute Gasteiger partial charge is 0.122 e. The van der Waals surface area contributed by atoms with E-state index in [9.17, 15) is 0 Å². The van der Waals surface area contributed by atoms with E-state index in [1.807, 2.05) is 42.5 Å². The highest BCUT2D eigenvalue weighted by atomic mass is 16.5. The Morgan fingerprint density at radius 2 is 1.80 bits per heavy atom. The molecule has 0 radical (unpaired) electrons. The van der Waals surface area contributed by atoms with Crippen LogP contribution in [-0.4, -0.2) is 11.7 Å². The third kappa shape index (κ3) is 3.88. The lowest BCUT2D eigenvalue weighted by Crippen LogP contribution is -1.98. The van der Waals surface area contributed by atoms with E-state index < -0.39 is 0 Å². The van der Waals surface area contributed by atoms with Crippen LogP contribution in [0, 0.1) is 11.8 Å². The van der Waals surface area contributed by atoms with Gasteiger partial charge in [-0.05, 0) is 35.7 Å². The molecule has 2 aromatic carbocycles. The second-order valence-electron chi connectivity index (χ2n) is 4.41. The van der Waals surface area contributed by atoms with Crippen LogP contribution in [0.2, 0.25) is 0 Å². The molecule has 2 nitrogen and oxygen atoms in total. The second kappa shape index (κ2) is 7.37. The fourth-order valence-corrected chi connectivity index (χ4v) is 1.92. The first-order valence-corrected chi connectivity index (χ1v) is 6.73. The standard InChI is InChI=1S/C18H18O2/c1-2-17-7-3-4-8-18(17)20-14-16-11-9-15(10-12-16)6-5-13-19/h3-4,7-12,19H,2,13-14H2,1H3. The van der Waals surface area contributed by atoms with Crippen molar-refractivity contribution in [2.75, 3.05) is 6.61 Å². The molecule has 0 aliphatic heterocycles. The summed E-state index contributed by atoms with van der Waals surface area (Å²) >= 11 is 0. The molecule has 0 aliphatic carbocycles. The van der Waals surface area contributed by atoms with Crippen LogP contribution in [0.3, 0.4) is 0 Å². The summed E-state index contributed by atoms with van der Waals surface area (Å²) < 4.78 is 5.86. The number of aryl methyl sites for hydroxylation is 1. The topological polar surface area (TPSA) is 29.5 Å². The molecule has 2 aromatic rings. The number of rotatable bonds is 4. The number of aliphatic hydroxyl groups is 1. The maximum atomic E-state index is 8.65. The predicted octanol–water partition coefficient (Wildman–Crippen LogP) is 3.17. The Kier molecular flexibility index (Phi) is 5.23. The van der Waals surface area contributed by atoms with Gasteiger partial charge in [0.1, 0.15) is 19.0 Å². The molecule has 0 spiro atoms. The average molecular weight is 266 g/mol. The molecule has 0 unspecified atom stereocenters. The zero-order valence-electron chi connectivity index (χ0n) is 11.6. The van der Waals surface area contributed by atoms with Crippen molar-refractivity contribution >= 4 is 0 Å². The molecule has 2 heteroatoms. The summed E-state index contributed by atoms with van der Waals surface area (Å²) in [4.78, 5) is 0. The molecule has 0 saturated carbocycles. The largest absolute Gasteiger partial charge is 0.489 e. The summed E-state index contributed by atoms with van der Waals surface area (Å²) in [7, 11) is 0. The summed E-state index contributed by atoms with van der Waals surface area (Å²) in [6.07, 6.45) is 0.964. The minimum Gasteiger partial charge on any atom is -0.489 e. The monoisotopic (exact) mass is 266 g/mol. The lowest BCUT2D eigenvalue weighted by molar-refractivity contribution is 0.303. The molecule has 0 heterocycles. The van der Waals surface area contributed by atoms with Crippen LogP contribution < -0.4 is 4.74 Å². The molecule has 20 heavy (non-hydrogen) atoms. The Labute approximate surface area is 120 Å². The van der Waals surface area contributed by atoms with E-state index in [1.54, 1.807) is 0 Å². The number of hydrogen-bond acceptors (Lipinski definition) is 2. The van der Waals surface area contributed by atoms with Crippen LogP contribution >= 0.6 is 0 Å². The number of para-hydroxylation sites is 1. The Bertz CT molecular complexity index is 603. The van der Waals surface area contributed by atoms with Gasteiger partial charge in [-0.1, -0.05) is 49.1 Å². The molecule has 0 fully saturated rings. The third-order valence-corrected chi connectivity index (χ3v) is 3.01. The van der Waals surface area contributed by atoms with Crippen molar-refractivity contribution < 1.29 is 9.84 Å². The van der Waals surface area contributed by atoms with Crippen molar-refractivity contribution in [1.82, 2.24) is 0 Å². The molecular formula is C18H18O2. The SMILES string of the molecule is CCc1ccccc1OCc1ccc(C#CCO)cc1. The molecule has 0 atom stereocenters. The van der Waals surface area contributed by atoms with E-state index in [2.05, 4.69) is 24.8 Å². The highest BCUT2D eigenvalue weighted by Crippen LogP contribution is 2.19. The first-order valence-electron chi connectivity index (χ1n) is 6.73. The molecule has 0 aliphatic rings. The van der Waals surface area contributed by atoms with Gasteiger partial charge in [0.15, 0.2) is 0 Å². The number of aliphatic hydroxyl groups excluding tert-OH is 1. The van der Waals surface area contributed by atoms with Crippen LogP contribution in [0.25, 0.3) is 0 Å². The zero-order chi connectivity index (χ0) is 14.2. The highest BCUT2D eigenvalue weighted by Gasteiger charge is 2.01. The Morgan fingerprint density at radius 1 is 1.05 bits per heavy atom. The fraction of sp³-hybridized carbons (Fsp3) is 0.222. The lowest BCUT2D eigenvalue weighted by atomic mass is 10.1. The van der Waals surface area contributed by atoms with Gasteiger partial charge in [-0.15, -0.1) is 0 Å². The Hall–Kier alpha value is -2.24. The van der Waals surface area contributed by atoms with Crippen molar-refractivity contribution in [3.63, 3.8) is 0 Å². The van der Waals surface area contributed by atoms with Crippen molar-refractivity contribution in [3.8, 4) is 17.6 Å². The Morgan fingerprint density at radius 3 is 2.50 bits per heavy atom. The number of benzene rings is 2. The lowest BCUT2D eigenvalue weighted by Gasteiger charge is -2.10. The Balaban J connectivity index is 2.00. The molecule has 0 aromatic heterocycles. The normalized spacial score (nSPS) is 9.70. The van der Waals surface area contributed by atoms with Crippen LogP contribution in [0.4, 0.5) is 0 Å². The molecule has 0 bridgehead atoms. The zero-order valence-corrected chi connectivity index (χ0v) is 11.6. The maximum absolute atomic E-state index is 8.65. The fourth-order valence-electron chi connectivity index (χ4n) is 1.92. The number of ether oxygens (including phenoxy) is 1. The van der Waals surface area contributed by atoms with Crippen LogP contribution in [0.5, 0.6) is 5.75 Å². The van der Waals surface area contributed by atoms with Gasteiger partial charge in [0.05, 0.1) is 0 Å². The minimum atomic E-state index is -0.112. The van der Waals surface area contributed by atoms with Gasteiger partial charge in [0, 0.05) is 5.56 Å². The van der Waals surface area contributed by atoms with E-state index >= 15 is 0 Å². The molecule has 0 saturated heterocycles. The van der Waals surface area contributed by atoms with Gasteiger partial charge < -0.3 is 9.84 Å². The van der Waals surface area contributed by atoms with Crippen molar-refractivity contribution in [2.45, 2.75) is 20.0 Å². The first-order chi connectivity index (χ1) is 9.83. The van der Waals surface area contributed by atoms with Gasteiger partial charge in [-0.25, -0.2) is 0 Å². The highest BCUT2D eigenvalue weighted by molar-refractivity contribution is 5.37. The molecule has 2 rings (SSSR count). The summed E-state index contributed by atoms with van der Waals surface area (Å²) in [5, 5.41) is 8.65. The van der Waals surface area contributed by atoms with Gasteiger partial charge >= 0.3 is 0 Å². The first kappa shape index (κ1) is 14.2. The summed E-state index contributed by atoms with van der Waals surface area (Å²) in [6, 6.07) is 16.0. The third-order valence-electron chi connectivity index (χ3n) is 3.01. The van der Waals surface area contributed by atoms with Gasteiger partial charge in [0.25, 0.3) is 0 Å². The van der Waals surface area contributed by atoms with E-state index in [0.717, 1.165) is 23.3 Å². The van der Waals surface area contributed by atoms with Crippen molar-refractivity contribution in [1.29, 1.82) is 0 Å². The molecule has 102 valence electrons. The van der Waals surface area contributed by atoms with Crippen molar-refractivity contribution in [2.24, 2.45) is 0 Å². The van der Waals surface area contributed by atoms with Crippen LogP contribution in [-0.2, 0) is 13.0 Å². The van der Waals surface area contributed by atoms with E-state index in [1.165, 1.54) is 5.56 Å². The van der Waals surface area contributed by atoms with E-state index in [4.69, 9.17) is 9.84 Å². The van der Waals surface area contributed by atoms with E-state index in [-0.39, 0.29) is 6.61 Å². The molecule has 1 N–H and O–H groups in total. The van der Waals surface area contributed by atoms with Crippen LogP contribution in [0.1, 0.15) is 23.6 Å². The minimum absolute atomic E-state index is 0.112. The second-order valence-corrected chi connectivity index (χ2v) is 4.41. The van der Waals surface area contributed by atoms with Gasteiger partial charge in [0.2, 0.25) is 0 Å². The van der Waals surface area contributed by atoms with Crippen LogP contribution in [0.15, 0.2) is 48.5 Å². The predicted molar refractivity (Wildman–Crippen MR) is 80.6 cm³/mol. The number of hydrogen-bond donors (Lipinski definition) is 1. The van der Waals surface area contributed by atoms with Gasteiger partial charge in [-0.2, -0.15) is 0 Å². The molecule has 0 amide bonds. The van der Waals surface area contributed by atoms with E-state index in [0.29, 0.717) is 6.61 Å². The molecular weight excluding hydrogens is 248 g/mol. The summed E-state index contributed by atoms with van der Waals surface area (Å²) in [6.45, 7) is 2.56. The average Bonchev–Trinajstić information content (AvgIpc) is 2.52. The summed E-state index contributed by atoms with van der Waals surface area (Å²) in [5.41, 5.74) is 3.22. The summed E-state index contributed by atoms with van der Waals surface area (Å²) in [5.74, 6) is 6.45.